The molecule has 6 nitrogen and oxygen atoms in total. The molecule has 0 radical (unpaired) electrons. The molecule has 0 amide bonds. The van der Waals surface area contributed by atoms with Crippen LogP contribution in [0.1, 0.15) is 27.2 Å². The molecule has 1 rings (SSSR count). The van der Waals surface area contributed by atoms with E-state index < -0.39 is 22.0 Å². The average molecular weight is 315 g/mol. The van der Waals surface area contributed by atoms with Crippen LogP contribution in [0.4, 0.5) is 0 Å². The van der Waals surface area contributed by atoms with Gasteiger partial charge in [-0.2, -0.15) is 4.72 Å². The number of ether oxygens (including phenoxy) is 1. The first-order valence-electron chi connectivity index (χ1n) is 6.79. The molecule has 0 spiro atoms. The number of hydrogen-bond acceptors (Lipinski definition) is 4. The molecule has 0 saturated carbocycles. The number of nitrogens with one attached hydrogen (secondary N) is 1. The molecule has 118 valence electrons. The van der Waals surface area contributed by atoms with Gasteiger partial charge in [-0.3, -0.25) is 4.79 Å². The summed E-state index contributed by atoms with van der Waals surface area (Å²) in [7, 11) is -3.88. The van der Waals surface area contributed by atoms with E-state index >= 15 is 0 Å². The Morgan fingerprint density at radius 1 is 1.29 bits per heavy atom. The first-order chi connectivity index (χ1) is 9.81. The van der Waals surface area contributed by atoms with Crippen LogP contribution in [0.3, 0.4) is 0 Å². The Balaban J connectivity index is 2.96. The summed E-state index contributed by atoms with van der Waals surface area (Å²) >= 11 is 0. The van der Waals surface area contributed by atoms with Crippen molar-refractivity contribution >= 4 is 16.0 Å². The standard InChI is InChI=1S/C14H21NO5S/c1-4-10(3)13(14(16)17)15-21(18,19)12-8-6-11(7-9-12)20-5-2/h6-10,13,15H,4-5H2,1-3H3,(H,16,17)/t10-,13-/m0/s1. The van der Waals surface area contributed by atoms with Crippen LogP contribution in [-0.2, 0) is 14.8 Å². The van der Waals surface area contributed by atoms with E-state index in [4.69, 9.17) is 9.84 Å². The van der Waals surface area contributed by atoms with Gasteiger partial charge in [0, 0.05) is 0 Å². The summed E-state index contributed by atoms with van der Waals surface area (Å²) in [4.78, 5) is 11.2. The highest BCUT2D eigenvalue weighted by Gasteiger charge is 2.29. The maximum absolute atomic E-state index is 12.2. The number of hydrogen-bond donors (Lipinski definition) is 2. The molecular formula is C14H21NO5S. The second-order valence-electron chi connectivity index (χ2n) is 4.73. The molecule has 0 unspecified atom stereocenters. The van der Waals surface area contributed by atoms with Crippen LogP contribution in [0.2, 0.25) is 0 Å². The van der Waals surface area contributed by atoms with Crippen molar-refractivity contribution in [3.63, 3.8) is 0 Å². The number of benzene rings is 1. The SMILES string of the molecule is CCOc1ccc(S(=O)(=O)N[C@H](C(=O)O)[C@@H](C)CC)cc1. The Hall–Kier alpha value is -1.60. The summed E-state index contributed by atoms with van der Waals surface area (Å²) in [5.41, 5.74) is 0. The molecule has 2 atom stereocenters. The number of aliphatic carboxylic acids is 1. The highest BCUT2D eigenvalue weighted by atomic mass is 32.2. The van der Waals surface area contributed by atoms with E-state index in [2.05, 4.69) is 4.72 Å². The fourth-order valence-electron chi connectivity index (χ4n) is 1.76. The fourth-order valence-corrected chi connectivity index (χ4v) is 3.06. The van der Waals surface area contributed by atoms with Crippen molar-refractivity contribution in [2.45, 2.75) is 38.1 Å². The minimum Gasteiger partial charge on any atom is -0.494 e. The zero-order valence-electron chi connectivity index (χ0n) is 12.4. The largest absolute Gasteiger partial charge is 0.494 e. The van der Waals surface area contributed by atoms with Crippen molar-refractivity contribution in [3.8, 4) is 5.75 Å². The molecule has 21 heavy (non-hydrogen) atoms. The molecule has 0 heterocycles. The quantitative estimate of drug-likeness (QED) is 0.764. The summed E-state index contributed by atoms with van der Waals surface area (Å²) in [6.45, 7) is 5.82. The van der Waals surface area contributed by atoms with Gasteiger partial charge in [-0.1, -0.05) is 20.3 Å². The maximum atomic E-state index is 12.2. The van der Waals surface area contributed by atoms with E-state index in [1.54, 1.807) is 6.92 Å². The number of sulfonamides is 1. The first kappa shape index (κ1) is 17.5. The van der Waals surface area contributed by atoms with Crippen molar-refractivity contribution in [3.05, 3.63) is 24.3 Å². The monoisotopic (exact) mass is 315 g/mol. The van der Waals surface area contributed by atoms with Crippen LogP contribution >= 0.6 is 0 Å². The van der Waals surface area contributed by atoms with Gasteiger partial charge in [0.05, 0.1) is 11.5 Å². The van der Waals surface area contributed by atoms with Gasteiger partial charge in [-0.15, -0.1) is 0 Å². The van der Waals surface area contributed by atoms with Gasteiger partial charge in [0.1, 0.15) is 11.8 Å². The van der Waals surface area contributed by atoms with Crippen LogP contribution in [0.25, 0.3) is 0 Å². The fraction of sp³-hybridized carbons (Fsp3) is 0.500. The third-order valence-electron chi connectivity index (χ3n) is 3.21. The molecular weight excluding hydrogens is 294 g/mol. The summed E-state index contributed by atoms with van der Waals surface area (Å²) in [5.74, 6) is -0.924. The predicted molar refractivity (Wildman–Crippen MR) is 78.8 cm³/mol. The Kier molecular flexibility index (Phi) is 6.17. The van der Waals surface area contributed by atoms with E-state index in [0.717, 1.165) is 0 Å². The lowest BCUT2D eigenvalue weighted by molar-refractivity contribution is -0.140. The van der Waals surface area contributed by atoms with Crippen LogP contribution in [0, 0.1) is 5.92 Å². The number of rotatable bonds is 8. The predicted octanol–water partition coefficient (Wildman–Crippen LogP) is 1.86. The second kappa shape index (κ2) is 7.42. The Labute approximate surface area is 125 Å². The van der Waals surface area contributed by atoms with Crippen LogP contribution in [-0.4, -0.2) is 32.1 Å². The van der Waals surface area contributed by atoms with Gasteiger partial charge in [0.2, 0.25) is 10.0 Å². The number of carbonyl (C=O) groups is 1. The van der Waals surface area contributed by atoms with Crippen molar-refractivity contribution in [2.75, 3.05) is 6.61 Å². The normalized spacial score (nSPS) is 14.4. The highest BCUT2D eigenvalue weighted by Crippen LogP contribution is 2.18. The van der Waals surface area contributed by atoms with Crippen LogP contribution in [0.15, 0.2) is 29.2 Å². The minimum absolute atomic E-state index is 0.0144. The van der Waals surface area contributed by atoms with Crippen molar-refractivity contribution in [1.29, 1.82) is 0 Å². The molecule has 0 fully saturated rings. The van der Waals surface area contributed by atoms with E-state index in [1.807, 2.05) is 13.8 Å². The summed E-state index contributed by atoms with van der Waals surface area (Å²) < 4.78 is 31.9. The van der Waals surface area contributed by atoms with Crippen LogP contribution in [0.5, 0.6) is 5.75 Å². The Morgan fingerprint density at radius 2 is 1.86 bits per heavy atom. The lowest BCUT2D eigenvalue weighted by Crippen LogP contribution is -2.44. The van der Waals surface area contributed by atoms with Crippen molar-refractivity contribution in [2.24, 2.45) is 5.92 Å². The molecule has 0 aliphatic rings. The van der Waals surface area contributed by atoms with Crippen LogP contribution < -0.4 is 9.46 Å². The molecule has 2 N–H and O–H groups in total. The van der Waals surface area contributed by atoms with Crippen molar-refractivity contribution < 1.29 is 23.1 Å². The zero-order valence-corrected chi connectivity index (χ0v) is 13.2. The van der Waals surface area contributed by atoms with Gasteiger partial charge >= 0.3 is 5.97 Å². The molecule has 0 saturated heterocycles. The lowest BCUT2D eigenvalue weighted by atomic mass is 10.0. The molecule has 1 aromatic rings. The molecule has 0 aromatic heterocycles. The van der Waals surface area contributed by atoms with Gasteiger partial charge in [0.25, 0.3) is 0 Å². The van der Waals surface area contributed by atoms with E-state index in [0.29, 0.717) is 18.8 Å². The third-order valence-corrected chi connectivity index (χ3v) is 4.66. The maximum Gasteiger partial charge on any atom is 0.322 e. The van der Waals surface area contributed by atoms with Gasteiger partial charge in [-0.25, -0.2) is 8.42 Å². The molecule has 0 aliphatic carbocycles. The Bertz CT molecular complexity index is 568. The summed E-state index contributed by atoms with van der Waals surface area (Å²) in [6, 6.07) is 4.71. The van der Waals surface area contributed by atoms with E-state index in [-0.39, 0.29) is 10.8 Å². The zero-order chi connectivity index (χ0) is 16.0. The van der Waals surface area contributed by atoms with Gasteiger partial charge in [-0.05, 0) is 37.1 Å². The Morgan fingerprint density at radius 3 is 2.29 bits per heavy atom. The number of carboxylic acid groups (broad SMARTS) is 1. The van der Waals surface area contributed by atoms with Crippen molar-refractivity contribution in [1.82, 2.24) is 4.72 Å². The summed E-state index contributed by atoms with van der Waals surface area (Å²) in [5, 5.41) is 9.15. The molecule has 1 aromatic carbocycles. The minimum atomic E-state index is -3.88. The molecule has 0 bridgehead atoms. The van der Waals surface area contributed by atoms with E-state index in [1.165, 1.54) is 24.3 Å². The molecule has 0 aliphatic heterocycles. The third kappa shape index (κ3) is 4.71. The first-order valence-corrected chi connectivity index (χ1v) is 8.28. The topological polar surface area (TPSA) is 92.7 Å². The lowest BCUT2D eigenvalue weighted by Gasteiger charge is -2.20. The summed E-state index contributed by atoms with van der Waals surface area (Å²) in [6.07, 6.45) is 0.558. The second-order valence-corrected chi connectivity index (χ2v) is 6.44. The highest BCUT2D eigenvalue weighted by molar-refractivity contribution is 7.89. The number of carboxylic acids is 1. The van der Waals surface area contributed by atoms with E-state index in [9.17, 15) is 13.2 Å². The average Bonchev–Trinajstić information content (AvgIpc) is 2.44. The molecule has 7 heteroatoms. The van der Waals surface area contributed by atoms with Gasteiger partial charge in [0.15, 0.2) is 0 Å². The van der Waals surface area contributed by atoms with Gasteiger partial charge < -0.3 is 9.84 Å². The smallest absolute Gasteiger partial charge is 0.322 e.